The van der Waals surface area contributed by atoms with Crippen LogP contribution in [0, 0.1) is 5.82 Å². The van der Waals surface area contributed by atoms with Crippen LogP contribution in [0.2, 0.25) is 0 Å². The van der Waals surface area contributed by atoms with Crippen LogP contribution in [0.5, 0.6) is 5.75 Å². The zero-order valence-corrected chi connectivity index (χ0v) is 14.4. The van der Waals surface area contributed by atoms with E-state index >= 15 is 0 Å². The molecule has 112 valence electrons. The van der Waals surface area contributed by atoms with Crippen LogP contribution >= 0.6 is 31.9 Å². The van der Waals surface area contributed by atoms with E-state index in [-0.39, 0.29) is 16.8 Å². The highest BCUT2D eigenvalue weighted by atomic mass is 79.9. The minimum atomic E-state index is -4.12. The second-order valence-electron chi connectivity index (χ2n) is 4.01. The standard InChI is InChI=1S/C12H9Br2FN2O3S/c13-7-1-2-8(17-5-7)6-20-11-4-10(15)12(3-9(11)14)21(16,18)19/h1-5H,6H2,(H2,16,18,19). The van der Waals surface area contributed by atoms with Gasteiger partial charge in [0.1, 0.15) is 23.1 Å². The maximum atomic E-state index is 13.7. The summed E-state index contributed by atoms with van der Waals surface area (Å²) in [6, 6.07) is 5.57. The van der Waals surface area contributed by atoms with E-state index in [9.17, 15) is 12.8 Å². The van der Waals surface area contributed by atoms with Crippen LogP contribution < -0.4 is 9.88 Å². The first-order chi connectivity index (χ1) is 9.77. The molecule has 2 N–H and O–H groups in total. The zero-order valence-electron chi connectivity index (χ0n) is 10.4. The van der Waals surface area contributed by atoms with E-state index in [2.05, 4.69) is 36.8 Å². The second-order valence-corrected chi connectivity index (χ2v) is 7.31. The van der Waals surface area contributed by atoms with E-state index in [1.807, 2.05) is 0 Å². The number of benzene rings is 1. The van der Waals surface area contributed by atoms with Gasteiger partial charge in [-0.1, -0.05) is 0 Å². The molecule has 1 aromatic carbocycles. The second kappa shape index (κ2) is 6.39. The number of sulfonamides is 1. The van der Waals surface area contributed by atoms with Gasteiger partial charge in [-0.3, -0.25) is 4.98 Å². The van der Waals surface area contributed by atoms with Gasteiger partial charge < -0.3 is 4.74 Å². The molecule has 0 spiro atoms. The molecule has 0 unspecified atom stereocenters. The number of aromatic nitrogens is 1. The van der Waals surface area contributed by atoms with Crippen LogP contribution in [0.15, 0.2) is 44.3 Å². The zero-order chi connectivity index (χ0) is 15.6. The lowest BCUT2D eigenvalue weighted by atomic mass is 10.3. The average Bonchev–Trinajstić information content (AvgIpc) is 2.40. The highest BCUT2D eigenvalue weighted by molar-refractivity contribution is 9.10. The van der Waals surface area contributed by atoms with Gasteiger partial charge in [-0.2, -0.15) is 0 Å². The van der Waals surface area contributed by atoms with Crippen LogP contribution in [0.4, 0.5) is 4.39 Å². The molecule has 0 aliphatic heterocycles. The van der Waals surface area contributed by atoms with Crippen molar-refractivity contribution in [1.29, 1.82) is 0 Å². The van der Waals surface area contributed by atoms with Crippen molar-refractivity contribution in [2.24, 2.45) is 5.14 Å². The minimum absolute atomic E-state index is 0.111. The van der Waals surface area contributed by atoms with Crippen LogP contribution in [0.3, 0.4) is 0 Å². The number of rotatable bonds is 4. The molecule has 5 nitrogen and oxygen atoms in total. The van der Waals surface area contributed by atoms with Crippen molar-refractivity contribution >= 4 is 41.9 Å². The summed E-state index contributed by atoms with van der Waals surface area (Å²) in [5.41, 5.74) is 0.640. The van der Waals surface area contributed by atoms with E-state index in [4.69, 9.17) is 9.88 Å². The Morgan fingerprint density at radius 3 is 2.57 bits per heavy atom. The summed E-state index contributed by atoms with van der Waals surface area (Å²) in [5, 5.41) is 4.91. The summed E-state index contributed by atoms with van der Waals surface area (Å²) < 4.78 is 42.6. The Morgan fingerprint density at radius 1 is 1.29 bits per heavy atom. The third-order valence-corrected chi connectivity index (χ3v) is 4.47. The highest BCUT2D eigenvalue weighted by Gasteiger charge is 2.18. The van der Waals surface area contributed by atoms with Crippen molar-refractivity contribution in [3.05, 3.63) is 50.9 Å². The quantitative estimate of drug-likeness (QED) is 0.793. The van der Waals surface area contributed by atoms with Crippen molar-refractivity contribution < 1.29 is 17.5 Å². The fourth-order valence-electron chi connectivity index (χ4n) is 1.48. The monoisotopic (exact) mass is 438 g/mol. The Bertz CT molecular complexity index is 767. The topological polar surface area (TPSA) is 82.3 Å². The SMILES string of the molecule is NS(=O)(=O)c1cc(Br)c(OCc2ccc(Br)cn2)cc1F. The van der Waals surface area contributed by atoms with Gasteiger partial charge in [-0.25, -0.2) is 17.9 Å². The third-order valence-electron chi connectivity index (χ3n) is 2.46. The molecule has 0 saturated heterocycles. The highest BCUT2D eigenvalue weighted by Crippen LogP contribution is 2.30. The molecule has 0 saturated carbocycles. The summed E-state index contributed by atoms with van der Waals surface area (Å²) in [5.74, 6) is -0.816. The predicted molar refractivity (Wildman–Crippen MR) is 81.7 cm³/mol. The Morgan fingerprint density at radius 2 is 2.00 bits per heavy atom. The van der Waals surface area contributed by atoms with Crippen LogP contribution in [0.1, 0.15) is 5.69 Å². The number of ether oxygens (including phenoxy) is 1. The Kier molecular flexibility index (Phi) is 4.97. The molecule has 0 atom stereocenters. The lowest BCUT2D eigenvalue weighted by molar-refractivity contribution is 0.297. The largest absolute Gasteiger partial charge is 0.486 e. The number of primary sulfonamides is 1. The normalized spacial score (nSPS) is 11.4. The molecule has 9 heteroatoms. The van der Waals surface area contributed by atoms with Crippen molar-refractivity contribution in [2.75, 3.05) is 0 Å². The molecule has 0 fully saturated rings. The van der Waals surface area contributed by atoms with Gasteiger partial charge in [-0.05, 0) is 50.1 Å². The molecule has 1 heterocycles. The molecular formula is C12H9Br2FN2O3S. The van der Waals surface area contributed by atoms with Gasteiger partial charge >= 0.3 is 0 Å². The molecule has 2 aromatic rings. The number of halogens is 3. The lowest BCUT2D eigenvalue weighted by Crippen LogP contribution is -2.14. The molecule has 0 amide bonds. The molecular weight excluding hydrogens is 431 g/mol. The number of hydrogen-bond donors (Lipinski definition) is 1. The summed E-state index contributed by atoms with van der Waals surface area (Å²) in [6.07, 6.45) is 1.61. The average molecular weight is 440 g/mol. The van der Waals surface area contributed by atoms with Crippen LogP contribution in [-0.2, 0) is 16.6 Å². The number of pyridine rings is 1. The first-order valence-electron chi connectivity index (χ1n) is 5.52. The van der Waals surface area contributed by atoms with E-state index in [0.717, 1.165) is 16.6 Å². The molecule has 0 aliphatic carbocycles. The molecule has 1 aromatic heterocycles. The van der Waals surface area contributed by atoms with Crippen molar-refractivity contribution in [1.82, 2.24) is 4.98 Å². The van der Waals surface area contributed by atoms with Gasteiger partial charge in [0.2, 0.25) is 10.0 Å². The summed E-state index contributed by atoms with van der Waals surface area (Å²) >= 11 is 6.38. The van der Waals surface area contributed by atoms with E-state index in [1.54, 1.807) is 18.3 Å². The van der Waals surface area contributed by atoms with Gasteiger partial charge in [0.25, 0.3) is 0 Å². The van der Waals surface area contributed by atoms with Gasteiger partial charge in [0.15, 0.2) is 0 Å². The van der Waals surface area contributed by atoms with E-state index < -0.39 is 20.7 Å². The molecule has 2 rings (SSSR count). The van der Waals surface area contributed by atoms with Gasteiger partial charge in [0.05, 0.1) is 10.2 Å². The molecule has 0 radical (unpaired) electrons. The minimum Gasteiger partial charge on any atom is -0.486 e. The summed E-state index contributed by atoms with van der Waals surface area (Å²) in [7, 11) is -4.12. The van der Waals surface area contributed by atoms with Crippen molar-refractivity contribution in [3.63, 3.8) is 0 Å². The lowest BCUT2D eigenvalue weighted by Gasteiger charge is -2.10. The number of nitrogens with two attached hydrogens (primary N) is 1. The maximum Gasteiger partial charge on any atom is 0.241 e. The molecule has 0 aliphatic rings. The third kappa shape index (κ3) is 4.22. The van der Waals surface area contributed by atoms with Gasteiger partial charge in [0, 0.05) is 16.7 Å². The molecule has 21 heavy (non-hydrogen) atoms. The fourth-order valence-corrected chi connectivity index (χ4v) is 2.94. The number of nitrogens with zero attached hydrogens (tertiary/aromatic N) is 1. The summed E-state index contributed by atoms with van der Waals surface area (Å²) in [6.45, 7) is 0.111. The Labute approximate surface area is 137 Å². The van der Waals surface area contributed by atoms with E-state index in [1.165, 1.54) is 0 Å². The molecule has 0 bridgehead atoms. The first kappa shape index (κ1) is 16.3. The predicted octanol–water partition coefficient (Wildman–Crippen LogP) is 2.97. The van der Waals surface area contributed by atoms with E-state index in [0.29, 0.717) is 5.69 Å². The number of hydrogen-bond acceptors (Lipinski definition) is 4. The fraction of sp³-hybridized carbons (Fsp3) is 0.0833. The van der Waals surface area contributed by atoms with Gasteiger partial charge in [-0.15, -0.1) is 0 Å². The smallest absolute Gasteiger partial charge is 0.241 e. The first-order valence-corrected chi connectivity index (χ1v) is 8.65. The van der Waals surface area contributed by atoms with Crippen LogP contribution in [0.25, 0.3) is 0 Å². The Hall–Kier alpha value is -1.03. The van der Waals surface area contributed by atoms with Crippen molar-refractivity contribution in [3.8, 4) is 5.75 Å². The Balaban J connectivity index is 2.21. The maximum absolute atomic E-state index is 13.7. The summed E-state index contributed by atoms with van der Waals surface area (Å²) in [4.78, 5) is 3.51. The van der Waals surface area contributed by atoms with Crippen LogP contribution in [-0.4, -0.2) is 13.4 Å². The van der Waals surface area contributed by atoms with Crippen molar-refractivity contribution in [2.45, 2.75) is 11.5 Å².